The third kappa shape index (κ3) is 1.82. The van der Waals surface area contributed by atoms with Crippen molar-refractivity contribution in [3.8, 4) is 5.82 Å². The lowest BCUT2D eigenvalue weighted by molar-refractivity contribution is 0.1000. The first-order chi connectivity index (χ1) is 7.58. The molecule has 2 heterocycles. The normalized spacial score (nSPS) is 10.3. The number of rotatable bonds is 2. The maximum absolute atomic E-state index is 10.9. The van der Waals surface area contributed by atoms with Gasteiger partial charge in [0, 0.05) is 12.3 Å². The number of H-pyrrole nitrogens is 1. The predicted octanol–water partition coefficient (Wildman–Crippen LogP) is 0.313. The molecule has 82 valence electrons. The quantitative estimate of drug-likeness (QED) is 0.738. The summed E-state index contributed by atoms with van der Waals surface area (Å²) < 4.78 is 1.39. The van der Waals surface area contributed by atoms with Gasteiger partial charge >= 0.3 is 0 Å². The van der Waals surface area contributed by atoms with E-state index in [-0.39, 0.29) is 16.3 Å². The minimum absolute atomic E-state index is 0.000418. The van der Waals surface area contributed by atoms with Gasteiger partial charge in [0.15, 0.2) is 5.82 Å². The SMILES string of the molecule is NC(=O)c1ccc(-n2ccc(=O)[nH]2)nc1Cl. The Balaban J connectivity index is 2.49. The van der Waals surface area contributed by atoms with E-state index >= 15 is 0 Å². The number of amides is 1. The zero-order valence-corrected chi connectivity index (χ0v) is 8.73. The highest BCUT2D eigenvalue weighted by molar-refractivity contribution is 6.32. The van der Waals surface area contributed by atoms with E-state index in [0.29, 0.717) is 5.82 Å². The lowest BCUT2D eigenvalue weighted by Crippen LogP contribution is -2.13. The second-order valence-corrected chi connectivity index (χ2v) is 3.39. The van der Waals surface area contributed by atoms with Crippen molar-refractivity contribution in [3.05, 3.63) is 45.5 Å². The van der Waals surface area contributed by atoms with Crippen molar-refractivity contribution in [3.63, 3.8) is 0 Å². The molecular weight excluding hydrogens is 232 g/mol. The van der Waals surface area contributed by atoms with Crippen LogP contribution in [0.4, 0.5) is 0 Å². The zero-order chi connectivity index (χ0) is 11.7. The van der Waals surface area contributed by atoms with Crippen LogP contribution in [0.3, 0.4) is 0 Å². The van der Waals surface area contributed by atoms with Crippen molar-refractivity contribution in [2.24, 2.45) is 5.73 Å². The number of halogens is 1. The van der Waals surface area contributed by atoms with Crippen molar-refractivity contribution in [2.45, 2.75) is 0 Å². The Bertz CT molecular complexity index is 602. The van der Waals surface area contributed by atoms with E-state index in [1.54, 1.807) is 0 Å². The van der Waals surface area contributed by atoms with Crippen LogP contribution in [-0.4, -0.2) is 20.7 Å². The predicted molar refractivity (Wildman–Crippen MR) is 57.7 cm³/mol. The van der Waals surface area contributed by atoms with E-state index in [1.165, 1.54) is 29.1 Å². The van der Waals surface area contributed by atoms with E-state index in [2.05, 4.69) is 10.1 Å². The van der Waals surface area contributed by atoms with Crippen LogP contribution in [0.1, 0.15) is 10.4 Å². The monoisotopic (exact) mass is 238 g/mol. The minimum atomic E-state index is -0.648. The van der Waals surface area contributed by atoms with E-state index in [9.17, 15) is 9.59 Å². The molecule has 2 rings (SSSR count). The van der Waals surface area contributed by atoms with Crippen molar-refractivity contribution in [1.82, 2.24) is 14.8 Å². The number of nitrogens with two attached hydrogens (primary N) is 1. The second kappa shape index (κ2) is 3.82. The average molecular weight is 239 g/mol. The summed E-state index contributed by atoms with van der Waals surface area (Å²) in [5.41, 5.74) is 4.97. The fourth-order valence-corrected chi connectivity index (χ4v) is 1.45. The van der Waals surface area contributed by atoms with E-state index < -0.39 is 5.91 Å². The van der Waals surface area contributed by atoms with Crippen LogP contribution in [0, 0.1) is 0 Å². The third-order valence-electron chi connectivity index (χ3n) is 1.95. The number of carbonyl (C=O) groups is 1. The summed E-state index contributed by atoms with van der Waals surface area (Å²) in [5, 5.41) is 2.49. The van der Waals surface area contributed by atoms with Crippen LogP contribution < -0.4 is 11.3 Å². The van der Waals surface area contributed by atoms with Crippen molar-refractivity contribution < 1.29 is 4.79 Å². The molecule has 1 amide bonds. The van der Waals surface area contributed by atoms with Crippen LogP contribution in [-0.2, 0) is 0 Å². The molecule has 0 radical (unpaired) electrons. The first-order valence-electron chi connectivity index (χ1n) is 4.32. The molecule has 7 heteroatoms. The topological polar surface area (TPSA) is 93.8 Å². The Morgan fingerprint density at radius 2 is 2.19 bits per heavy atom. The Kier molecular flexibility index (Phi) is 2.49. The lowest BCUT2D eigenvalue weighted by Gasteiger charge is -2.03. The Morgan fingerprint density at radius 3 is 2.69 bits per heavy atom. The van der Waals surface area contributed by atoms with Gasteiger partial charge in [-0.1, -0.05) is 11.6 Å². The summed E-state index contributed by atoms with van der Waals surface area (Å²) in [6.45, 7) is 0. The van der Waals surface area contributed by atoms with Gasteiger partial charge < -0.3 is 5.73 Å². The van der Waals surface area contributed by atoms with Gasteiger partial charge in [0.05, 0.1) is 5.56 Å². The van der Waals surface area contributed by atoms with Gasteiger partial charge in [-0.05, 0) is 12.1 Å². The number of hydrogen-bond donors (Lipinski definition) is 2. The largest absolute Gasteiger partial charge is 0.366 e. The Morgan fingerprint density at radius 1 is 1.44 bits per heavy atom. The van der Waals surface area contributed by atoms with E-state index in [0.717, 1.165) is 0 Å². The van der Waals surface area contributed by atoms with Crippen LogP contribution in [0.5, 0.6) is 0 Å². The number of carbonyl (C=O) groups excluding carboxylic acids is 1. The summed E-state index contributed by atoms with van der Waals surface area (Å²) >= 11 is 5.76. The smallest absolute Gasteiger partial charge is 0.264 e. The van der Waals surface area contributed by atoms with Crippen LogP contribution in [0.15, 0.2) is 29.2 Å². The highest BCUT2D eigenvalue weighted by Crippen LogP contribution is 2.14. The first-order valence-corrected chi connectivity index (χ1v) is 4.70. The number of primary amides is 1. The number of nitrogens with one attached hydrogen (secondary N) is 1. The molecule has 3 N–H and O–H groups in total. The van der Waals surface area contributed by atoms with Gasteiger partial charge in [-0.3, -0.25) is 14.7 Å². The molecule has 0 atom stereocenters. The summed E-state index contributed by atoms with van der Waals surface area (Å²) in [5.74, 6) is -0.248. The number of pyridine rings is 1. The van der Waals surface area contributed by atoms with Gasteiger partial charge in [0.2, 0.25) is 0 Å². The molecule has 16 heavy (non-hydrogen) atoms. The third-order valence-corrected chi connectivity index (χ3v) is 2.24. The van der Waals surface area contributed by atoms with E-state index in [4.69, 9.17) is 17.3 Å². The fourth-order valence-electron chi connectivity index (χ4n) is 1.21. The molecule has 0 aliphatic rings. The van der Waals surface area contributed by atoms with Crippen LogP contribution in [0.2, 0.25) is 5.15 Å². The number of aromatic amines is 1. The standard InChI is InChI=1S/C9H7ClN4O2/c10-8-5(9(11)16)1-2-6(12-8)14-4-3-7(15)13-14/h1-4H,(H2,11,16)(H,13,15). The molecule has 6 nitrogen and oxygen atoms in total. The molecular formula is C9H7ClN4O2. The van der Waals surface area contributed by atoms with E-state index in [1.807, 2.05) is 0 Å². The molecule has 0 fully saturated rings. The number of aromatic nitrogens is 3. The maximum Gasteiger partial charge on any atom is 0.264 e. The van der Waals surface area contributed by atoms with Crippen molar-refractivity contribution in [2.75, 3.05) is 0 Å². The summed E-state index contributed by atoms with van der Waals surface area (Å²) in [6, 6.07) is 4.32. The molecule has 0 saturated heterocycles. The highest BCUT2D eigenvalue weighted by atomic mass is 35.5. The molecule has 0 unspecified atom stereocenters. The summed E-state index contributed by atoms with van der Waals surface area (Å²) in [4.78, 5) is 25.8. The van der Waals surface area contributed by atoms with Gasteiger partial charge in [0.1, 0.15) is 5.15 Å². The molecule has 0 spiro atoms. The molecule has 0 aliphatic heterocycles. The molecule has 0 aliphatic carbocycles. The number of hydrogen-bond acceptors (Lipinski definition) is 3. The second-order valence-electron chi connectivity index (χ2n) is 3.03. The van der Waals surface area contributed by atoms with Gasteiger partial charge in [0.25, 0.3) is 11.5 Å². The molecule has 0 bridgehead atoms. The highest BCUT2D eigenvalue weighted by Gasteiger charge is 2.09. The van der Waals surface area contributed by atoms with Crippen LogP contribution >= 0.6 is 11.6 Å². The molecule has 2 aromatic rings. The summed E-state index contributed by atoms with van der Waals surface area (Å²) in [6.07, 6.45) is 1.50. The molecule has 0 saturated carbocycles. The van der Waals surface area contributed by atoms with Crippen molar-refractivity contribution >= 4 is 17.5 Å². The first kappa shape index (κ1) is 10.4. The molecule has 2 aromatic heterocycles. The Labute approximate surface area is 94.6 Å². The van der Waals surface area contributed by atoms with Crippen LogP contribution in [0.25, 0.3) is 5.82 Å². The van der Waals surface area contributed by atoms with Crippen molar-refractivity contribution in [1.29, 1.82) is 0 Å². The lowest BCUT2D eigenvalue weighted by atomic mass is 10.3. The minimum Gasteiger partial charge on any atom is -0.366 e. The maximum atomic E-state index is 10.9. The Hall–Kier alpha value is -2.08. The summed E-state index contributed by atoms with van der Waals surface area (Å²) in [7, 11) is 0. The van der Waals surface area contributed by atoms with Gasteiger partial charge in [-0.2, -0.15) is 0 Å². The zero-order valence-electron chi connectivity index (χ0n) is 7.98. The van der Waals surface area contributed by atoms with Gasteiger partial charge in [-0.25, -0.2) is 9.67 Å². The fraction of sp³-hybridized carbons (Fsp3) is 0. The number of nitrogens with zero attached hydrogens (tertiary/aromatic N) is 2. The average Bonchev–Trinajstić information content (AvgIpc) is 2.64. The molecule has 0 aromatic carbocycles. The van der Waals surface area contributed by atoms with Gasteiger partial charge in [-0.15, -0.1) is 0 Å².